The molecular weight excluding hydrogens is 412 g/mol. The Morgan fingerprint density at radius 3 is 2.58 bits per heavy atom. The van der Waals surface area contributed by atoms with Crippen LogP contribution in [-0.4, -0.2) is 30.1 Å². The molecule has 3 aromatic rings. The molecule has 2 N–H and O–H groups in total. The van der Waals surface area contributed by atoms with Crippen molar-refractivity contribution in [2.75, 3.05) is 16.8 Å². The summed E-state index contributed by atoms with van der Waals surface area (Å²) in [5.74, 6) is -0.891. The average Bonchev–Trinajstić information content (AvgIpc) is 2.83. The molecule has 0 saturated carbocycles. The van der Waals surface area contributed by atoms with Crippen LogP contribution in [0.3, 0.4) is 0 Å². The second-order valence-corrected chi connectivity index (χ2v) is 7.66. The first-order valence-electron chi connectivity index (χ1n) is 9.74. The third-order valence-electron chi connectivity index (χ3n) is 5.14. The zero-order valence-electron chi connectivity index (χ0n) is 16.9. The van der Waals surface area contributed by atoms with Crippen LogP contribution in [0.1, 0.15) is 5.56 Å². The molecule has 4 rings (SSSR count). The van der Waals surface area contributed by atoms with Crippen LogP contribution in [0.5, 0.6) is 5.75 Å². The average molecular weight is 433 g/mol. The van der Waals surface area contributed by atoms with Crippen molar-refractivity contribution in [1.29, 1.82) is 5.41 Å². The summed E-state index contributed by atoms with van der Waals surface area (Å²) in [4.78, 5) is 21.3. The van der Waals surface area contributed by atoms with Crippen molar-refractivity contribution in [3.63, 3.8) is 0 Å². The zero-order valence-corrected chi connectivity index (χ0v) is 17.6. The summed E-state index contributed by atoms with van der Waals surface area (Å²) in [7, 11) is 1.76. The molecule has 6 nitrogen and oxygen atoms in total. The number of aromatic hydroxyl groups is 1. The molecule has 1 aliphatic rings. The Morgan fingerprint density at radius 1 is 1.06 bits per heavy atom. The minimum Gasteiger partial charge on any atom is -0.508 e. The van der Waals surface area contributed by atoms with Gasteiger partial charge in [0.1, 0.15) is 17.5 Å². The molecule has 1 heterocycles. The second kappa shape index (κ2) is 8.62. The highest BCUT2D eigenvalue weighted by Gasteiger charge is 2.36. The maximum atomic E-state index is 13.7. The molecular formula is C24H21ClN4O2. The quantitative estimate of drug-likeness (QED) is 0.568. The molecule has 0 bridgehead atoms. The van der Waals surface area contributed by atoms with Gasteiger partial charge in [-0.3, -0.25) is 20.1 Å². The van der Waals surface area contributed by atoms with E-state index in [1.165, 1.54) is 6.21 Å². The number of rotatable bonds is 4. The van der Waals surface area contributed by atoms with E-state index in [4.69, 9.17) is 17.0 Å². The molecule has 31 heavy (non-hydrogen) atoms. The number of fused-ring (bicyclic) bond motifs is 1. The van der Waals surface area contributed by atoms with E-state index in [1.54, 1.807) is 47.2 Å². The summed E-state index contributed by atoms with van der Waals surface area (Å²) in [6.07, 6.45) is 1.51. The lowest BCUT2D eigenvalue weighted by Crippen LogP contribution is -2.39. The highest BCUT2D eigenvalue weighted by Crippen LogP contribution is 2.40. The summed E-state index contributed by atoms with van der Waals surface area (Å²) < 4.78 is 0. The maximum absolute atomic E-state index is 13.7. The van der Waals surface area contributed by atoms with Crippen LogP contribution >= 0.6 is 11.6 Å². The number of hydrogen-bond donors (Lipinski definition) is 2. The van der Waals surface area contributed by atoms with Crippen LogP contribution in [0.2, 0.25) is 5.02 Å². The minimum absolute atomic E-state index is 0.117. The van der Waals surface area contributed by atoms with Crippen molar-refractivity contribution in [3.8, 4) is 5.75 Å². The molecule has 1 amide bonds. The molecule has 0 radical (unpaired) electrons. The van der Waals surface area contributed by atoms with Crippen molar-refractivity contribution >= 4 is 46.6 Å². The number of carbonyl (C=O) groups excluding carboxylic acids is 1. The van der Waals surface area contributed by atoms with Crippen molar-refractivity contribution in [2.24, 2.45) is 10.9 Å². The largest absolute Gasteiger partial charge is 0.508 e. The van der Waals surface area contributed by atoms with E-state index in [2.05, 4.69) is 4.99 Å². The van der Waals surface area contributed by atoms with Gasteiger partial charge in [0, 0.05) is 24.0 Å². The van der Waals surface area contributed by atoms with Gasteiger partial charge in [-0.1, -0.05) is 41.9 Å². The smallest absolute Gasteiger partial charge is 0.247 e. The van der Waals surface area contributed by atoms with Gasteiger partial charge >= 0.3 is 0 Å². The Bertz CT molecular complexity index is 1160. The number of benzene rings is 3. The topological polar surface area (TPSA) is 80.0 Å². The monoisotopic (exact) mass is 432 g/mol. The number of aliphatic imine (C=N–C) groups is 1. The van der Waals surface area contributed by atoms with Crippen molar-refractivity contribution in [1.82, 2.24) is 0 Å². The first kappa shape index (κ1) is 20.6. The number of carbonyl (C=O) groups is 1. The Labute approximate surface area is 185 Å². The Morgan fingerprint density at radius 2 is 1.84 bits per heavy atom. The first-order chi connectivity index (χ1) is 15.0. The lowest BCUT2D eigenvalue weighted by atomic mass is 10.1. The summed E-state index contributed by atoms with van der Waals surface area (Å²) in [5.41, 5.74) is 2.81. The van der Waals surface area contributed by atoms with E-state index < -0.39 is 5.92 Å². The van der Waals surface area contributed by atoms with E-state index in [-0.39, 0.29) is 17.5 Å². The second-order valence-electron chi connectivity index (χ2n) is 7.22. The lowest BCUT2D eigenvalue weighted by Gasteiger charge is -2.24. The predicted molar refractivity (Wildman–Crippen MR) is 125 cm³/mol. The predicted octanol–water partition coefficient (Wildman–Crippen LogP) is 5.02. The Balaban J connectivity index is 1.75. The van der Waals surface area contributed by atoms with Gasteiger partial charge in [-0.2, -0.15) is 0 Å². The van der Waals surface area contributed by atoms with Gasteiger partial charge in [-0.25, -0.2) is 0 Å². The Hall–Kier alpha value is -3.64. The maximum Gasteiger partial charge on any atom is 0.247 e. The number of nitrogens with one attached hydrogen (secondary N) is 1. The van der Waals surface area contributed by atoms with Crippen LogP contribution in [0.25, 0.3) is 0 Å². The number of amidine groups is 1. The van der Waals surface area contributed by atoms with Crippen molar-refractivity contribution in [3.05, 3.63) is 83.4 Å². The van der Waals surface area contributed by atoms with E-state index in [1.807, 2.05) is 42.5 Å². The molecule has 156 valence electrons. The zero-order chi connectivity index (χ0) is 22.0. The molecule has 0 saturated heterocycles. The van der Waals surface area contributed by atoms with Crippen LogP contribution in [0.15, 0.2) is 77.8 Å². The van der Waals surface area contributed by atoms with Gasteiger partial charge in [0.15, 0.2) is 0 Å². The fraction of sp³-hybridized carbons (Fsp3) is 0.125. The number of halogens is 1. The standard InChI is InChI=1S/C24H21ClN4O2/c1-28-21-11-10-17(25)13-22(21)29(18-7-3-2-4-8-18)24(31)20(23(28)26)15-27-14-16-6-5-9-19(30)12-16/h2-13,15,20,26,30H,14H2,1H3. The number of para-hydroxylation sites is 1. The summed E-state index contributed by atoms with van der Waals surface area (Å²) >= 11 is 6.26. The summed E-state index contributed by atoms with van der Waals surface area (Å²) in [6, 6.07) is 21.4. The molecule has 0 spiro atoms. The number of phenols is 1. The first-order valence-corrected chi connectivity index (χ1v) is 10.1. The number of phenolic OH excluding ortho intramolecular Hbond substituents is 1. The van der Waals surface area contributed by atoms with Gasteiger partial charge in [-0.05, 0) is 48.0 Å². The Kier molecular flexibility index (Phi) is 5.73. The third-order valence-corrected chi connectivity index (χ3v) is 5.37. The van der Waals surface area contributed by atoms with E-state index in [0.29, 0.717) is 28.6 Å². The number of hydrogen-bond acceptors (Lipinski definition) is 4. The van der Waals surface area contributed by atoms with Gasteiger partial charge in [0.25, 0.3) is 0 Å². The minimum atomic E-state index is -0.881. The SMILES string of the molecule is CN1C(=N)C(C=NCc2cccc(O)c2)C(=O)N(c2ccccc2)c2cc(Cl)ccc21. The number of anilines is 3. The highest BCUT2D eigenvalue weighted by atomic mass is 35.5. The summed E-state index contributed by atoms with van der Waals surface area (Å²) in [6.45, 7) is 0.291. The van der Waals surface area contributed by atoms with Crippen LogP contribution < -0.4 is 9.80 Å². The van der Waals surface area contributed by atoms with Gasteiger partial charge in [0.2, 0.25) is 5.91 Å². The van der Waals surface area contributed by atoms with Crippen molar-refractivity contribution in [2.45, 2.75) is 6.54 Å². The lowest BCUT2D eigenvalue weighted by molar-refractivity contribution is -0.118. The normalized spacial score (nSPS) is 16.5. The van der Waals surface area contributed by atoms with Crippen molar-refractivity contribution < 1.29 is 9.90 Å². The van der Waals surface area contributed by atoms with Crippen LogP contribution in [0.4, 0.5) is 17.1 Å². The molecule has 3 aromatic carbocycles. The van der Waals surface area contributed by atoms with Gasteiger partial charge in [0.05, 0.1) is 17.9 Å². The molecule has 1 atom stereocenters. The van der Waals surface area contributed by atoms with Gasteiger partial charge < -0.3 is 10.0 Å². The molecule has 0 fully saturated rings. The number of amides is 1. The van der Waals surface area contributed by atoms with Crippen LogP contribution in [0, 0.1) is 11.3 Å². The molecule has 7 heteroatoms. The molecule has 0 aromatic heterocycles. The van der Waals surface area contributed by atoms with E-state index >= 15 is 0 Å². The third kappa shape index (κ3) is 4.15. The molecule has 1 unspecified atom stereocenters. The fourth-order valence-electron chi connectivity index (χ4n) is 3.57. The fourth-order valence-corrected chi connectivity index (χ4v) is 3.73. The highest BCUT2D eigenvalue weighted by molar-refractivity contribution is 6.32. The van der Waals surface area contributed by atoms with Gasteiger partial charge in [-0.15, -0.1) is 0 Å². The van der Waals surface area contributed by atoms with E-state index in [0.717, 1.165) is 5.56 Å². The number of nitrogens with zero attached hydrogens (tertiary/aromatic N) is 3. The van der Waals surface area contributed by atoms with E-state index in [9.17, 15) is 9.90 Å². The summed E-state index contributed by atoms with van der Waals surface area (Å²) in [5, 5.41) is 18.8. The molecule has 0 aliphatic carbocycles. The van der Waals surface area contributed by atoms with Crippen LogP contribution in [-0.2, 0) is 11.3 Å². The molecule has 1 aliphatic heterocycles.